The fraction of sp³-hybridized carbons (Fsp3) is 0.125. The van der Waals surface area contributed by atoms with E-state index in [2.05, 4.69) is 10.1 Å². The van der Waals surface area contributed by atoms with Crippen LogP contribution in [-0.4, -0.2) is 15.1 Å². The number of ether oxygens (including phenoxy) is 1. The number of hydrogen-bond acceptors (Lipinski definition) is 6. The van der Waals surface area contributed by atoms with Gasteiger partial charge in [0.1, 0.15) is 5.75 Å². The van der Waals surface area contributed by atoms with E-state index in [1.165, 1.54) is 18.2 Å². The van der Waals surface area contributed by atoms with Crippen LogP contribution in [0.5, 0.6) is 5.75 Å². The van der Waals surface area contributed by atoms with Gasteiger partial charge in [0, 0.05) is 17.7 Å². The molecule has 3 aromatic rings. The summed E-state index contributed by atoms with van der Waals surface area (Å²) < 4.78 is 10.7. The largest absolute Gasteiger partial charge is 0.484 e. The average Bonchev–Trinajstić information content (AvgIpc) is 3.03. The van der Waals surface area contributed by atoms with Gasteiger partial charge in [0.05, 0.1) is 9.95 Å². The van der Waals surface area contributed by atoms with Crippen LogP contribution in [0.15, 0.2) is 47.0 Å². The van der Waals surface area contributed by atoms with E-state index in [-0.39, 0.29) is 17.3 Å². The highest BCUT2D eigenvalue weighted by molar-refractivity contribution is 6.32. The Morgan fingerprint density at radius 2 is 2.00 bits per heavy atom. The summed E-state index contributed by atoms with van der Waals surface area (Å²) in [5.41, 5.74) is 1.84. The van der Waals surface area contributed by atoms with Crippen LogP contribution in [0.4, 0.5) is 5.69 Å². The predicted molar refractivity (Wildman–Crippen MR) is 86.9 cm³/mol. The molecule has 0 aliphatic carbocycles. The Morgan fingerprint density at radius 3 is 2.67 bits per heavy atom. The van der Waals surface area contributed by atoms with Crippen molar-refractivity contribution in [1.29, 1.82) is 0 Å². The molecule has 0 amide bonds. The maximum Gasteiger partial charge on any atom is 0.271 e. The number of aryl methyl sites for hydroxylation is 1. The highest BCUT2D eigenvalue weighted by Crippen LogP contribution is 2.29. The normalized spacial score (nSPS) is 10.6. The van der Waals surface area contributed by atoms with Crippen LogP contribution in [0, 0.1) is 17.0 Å². The van der Waals surface area contributed by atoms with E-state index in [9.17, 15) is 10.1 Å². The van der Waals surface area contributed by atoms with E-state index in [1.807, 2.05) is 31.2 Å². The molecule has 122 valence electrons. The van der Waals surface area contributed by atoms with E-state index in [0.717, 1.165) is 11.1 Å². The summed E-state index contributed by atoms with van der Waals surface area (Å²) in [5, 5.41) is 14.7. The maximum atomic E-state index is 10.7. The number of nitro groups is 1. The summed E-state index contributed by atoms with van der Waals surface area (Å²) >= 11 is 5.96. The number of hydrogen-bond donors (Lipinski definition) is 0. The first-order chi connectivity index (χ1) is 11.5. The van der Waals surface area contributed by atoms with Crippen molar-refractivity contribution in [2.75, 3.05) is 0 Å². The van der Waals surface area contributed by atoms with E-state index in [0.29, 0.717) is 17.5 Å². The van der Waals surface area contributed by atoms with Crippen LogP contribution in [0.2, 0.25) is 5.02 Å². The highest BCUT2D eigenvalue weighted by atomic mass is 35.5. The molecule has 0 N–H and O–H groups in total. The molecule has 0 atom stereocenters. The first kappa shape index (κ1) is 15.9. The number of aromatic nitrogens is 2. The third-order valence-corrected chi connectivity index (χ3v) is 3.55. The molecule has 3 rings (SSSR count). The number of nitro benzene ring substituents is 1. The highest BCUT2D eigenvalue weighted by Gasteiger charge is 2.13. The molecule has 0 bridgehead atoms. The molecule has 8 heteroatoms. The van der Waals surface area contributed by atoms with Crippen LogP contribution in [0.25, 0.3) is 11.5 Å². The van der Waals surface area contributed by atoms with Gasteiger partial charge in [-0.1, -0.05) is 34.5 Å². The fourth-order valence-electron chi connectivity index (χ4n) is 1.99. The van der Waals surface area contributed by atoms with Crippen LogP contribution >= 0.6 is 11.6 Å². The van der Waals surface area contributed by atoms with Crippen molar-refractivity contribution in [3.63, 3.8) is 0 Å². The van der Waals surface area contributed by atoms with Gasteiger partial charge in [0.15, 0.2) is 6.61 Å². The summed E-state index contributed by atoms with van der Waals surface area (Å²) in [7, 11) is 0. The number of nitrogens with zero attached hydrogens (tertiary/aromatic N) is 3. The SMILES string of the molecule is Cc1ccc(-c2nc(COc3ccc([N+](=O)[O-])cc3Cl)no2)cc1. The minimum Gasteiger partial charge on any atom is -0.484 e. The average molecular weight is 346 g/mol. The molecule has 0 aliphatic rings. The first-order valence-corrected chi connectivity index (χ1v) is 7.37. The van der Waals surface area contributed by atoms with E-state index >= 15 is 0 Å². The molecule has 0 spiro atoms. The molecule has 24 heavy (non-hydrogen) atoms. The van der Waals surface area contributed by atoms with Crippen molar-refractivity contribution < 1.29 is 14.2 Å². The van der Waals surface area contributed by atoms with Crippen molar-refractivity contribution in [3.05, 3.63) is 69.0 Å². The Morgan fingerprint density at radius 1 is 1.25 bits per heavy atom. The van der Waals surface area contributed by atoms with Gasteiger partial charge < -0.3 is 9.26 Å². The molecule has 7 nitrogen and oxygen atoms in total. The van der Waals surface area contributed by atoms with Crippen LogP contribution < -0.4 is 4.74 Å². The second-order valence-electron chi connectivity index (χ2n) is 5.04. The predicted octanol–water partition coefficient (Wildman–Crippen LogP) is 4.19. The Bertz CT molecular complexity index is 877. The molecule has 0 saturated carbocycles. The van der Waals surface area contributed by atoms with Gasteiger partial charge in [-0.2, -0.15) is 4.98 Å². The molecule has 1 heterocycles. The van der Waals surface area contributed by atoms with Crippen molar-refractivity contribution in [1.82, 2.24) is 10.1 Å². The molecule has 1 aromatic heterocycles. The van der Waals surface area contributed by atoms with Crippen LogP contribution in [-0.2, 0) is 6.61 Å². The zero-order chi connectivity index (χ0) is 17.1. The summed E-state index contributed by atoms with van der Waals surface area (Å²) in [6, 6.07) is 11.7. The lowest BCUT2D eigenvalue weighted by Crippen LogP contribution is -1.98. The molecule has 0 aliphatic heterocycles. The van der Waals surface area contributed by atoms with Gasteiger partial charge in [-0.3, -0.25) is 10.1 Å². The lowest BCUT2D eigenvalue weighted by Gasteiger charge is -2.04. The molecule has 0 unspecified atom stereocenters. The second kappa shape index (κ2) is 6.67. The van der Waals surface area contributed by atoms with E-state index in [4.69, 9.17) is 20.9 Å². The third-order valence-electron chi connectivity index (χ3n) is 3.25. The van der Waals surface area contributed by atoms with Gasteiger partial charge in [-0.05, 0) is 25.1 Å². The Balaban J connectivity index is 1.69. The first-order valence-electron chi connectivity index (χ1n) is 6.99. The van der Waals surface area contributed by atoms with Gasteiger partial charge in [-0.25, -0.2) is 0 Å². The van der Waals surface area contributed by atoms with E-state index in [1.54, 1.807) is 0 Å². The third kappa shape index (κ3) is 3.52. The standard InChI is InChI=1S/C16H12ClN3O4/c1-10-2-4-11(5-3-10)16-18-15(19-24-16)9-23-14-7-6-12(20(21)22)8-13(14)17/h2-8H,9H2,1H3. The summed E-state index contributed by atoms with van der Waals surface area (Å²) in [4.78, 5) is 14.4. The molecule has 0 radical (unpaired) electrons. The van der Waals surface area contributed by atoms with Crippen molar-refractivity contribution >= 4 is 17.3 Å². The summed E-state index contributed by atoms with van der Waals surface area (Å²) in [5.74, 6) is 1.05. The summed E-state index contributed by atoms with van der Waals surface area (Å²) in [6.45, 7) is 2.03. The molecular weight excluding hydrogens is 334 g/mol. The fourth-order valence-corrected chi connectivity index (χ4v) is 2.22. The molecule has 0 saturated heterocycles. The minimum absolute atomic E-state index is 0.0346. The minimum atomic E-state index is -0.525. The quantitative estimate of drug-likeness (QED) is 0.508. The number of rotatable bonds is 5. The number of non-ortho nitro benzene ring substituents is 1. The zero-order valence-electron chi connectivity index (χ0n) is 12.6. The lowest BCUT2D eigenvalue weighted by molar-refractivity contribution is -0.384. The van der Waals surface area contributed by atoms with Crippen LogP contribution in [0.1, 0.15) is 11.4 Å². The van der Waals surface area contributed by atoms with Crippen molar-refractivity contribution in [3.8, 4) is 17.2 Å². The number of halogens is 1. The molecular formula is C16H12ClN3O4. The van der Waals surface area contributed by atoms with Gasteiger partial charge >= 0.3 is 0 Å². The lowest BCUT2D eigenvalue weighted by atomic mass is 10.1. The van der Waals surface area contributed by atoms with Crippen molar-refractivity contribution in [2.24, 2.45) is 0 Å². The Labute approximate surface area is 142 Å². The molecule has 0 fully saturated rings. The smallest absolute Gasteiger partial charge is 0.271 e. The second-order valence-corrected chi connectivity index (χ2v) is 5.45. The maximum absolute atomic E-state index is 10.7. The topological polar surface area (TPSA) is 91.3 Å². The molecule has 2 aromatic carbocycles. The van der Waals surface area contributed by atoms with E-state index < -0.39 is 4.92 Å². The zero-order valence-corrected chi connectivity index (χ0v) is 13.4. The van der Waals surface area contributed by atoms with Crippen LogP contribution in [0.3, 0.4) is 0 Å². The van der Waals surface area contributed by atoms with Gasteiger partial charge in [0.25, 0.3) is 11.6 Å². The van der Waals surface area contributed by atoms with Gasteiger partial charge in [0.2, 0.25) is 5.82 Å². The number of benzene rings is 2. The monoisotopic (exact) mass is 345 g/mol. The van der Waals surface area contributed by atoms with Gasteiger partial charge in [-0.15, -0.1) is 0 Å². The summed E-state index contributed by atoms with van der Waals surface area (Å²) in [6.07, 6.45) is 0. The Hall–Kier alpha value is -2.93. The van der Waals surface area contributed by atoms with Crippen molar-refractivity contribution in [2.45, 2.75) is 13.5 Å². The Kier molecular flexibility index (Phi) is 4.43.